The van der Waals surface area contributed by atoms with E-state index in [2.05, 4.69) is 15.3 Å². The zero-order chi connectivity index (χ0) is 10.3. The Labute approximate surface area is 80.5 Å². The Morgan fingerprint density at radius 2 is 2.14 bits per heavy atom. The minimum absolute atomic E-state index is 0.168. The summed E-state index contributed by atoms with van der Waals surface area (Å²) in [5.41, 5.74) is -0.653. The molecule has 1 N–H and O–H groups in total. The summed E-state index contributed by atoms with van der Waals surface area (Å²) in [6.07, 6.45) is -2.67. The van der Waals surface area contributed by atoms with Gasteiger partial charge in [0.05, 0.1) is 0 Å². The number of aromatic amines is 1. The van der Waals surface area contributed by atoms with Crippen molar-refractivity contribution in [1.29, 1.82) is 0 Å². The number of H-pyrrole nitrogens is 1. The SMILES string of the molecule is CSc1nnc2cc(C(F)(F)F)[nH]n12. The molecule has 0 aliphatic carbocycles. The second kappa shape index (κ2) is 2.91. The predicted molar refractivity (Wildman–Crippen MR) is 44.1 cm³/mol. The van der Waals surface area contributed by atoms with E-state index >= 15 is 0 Å². The van der Waals surface area contributed by atoms with Crippen molar-refractivity contribution in [2.45, 2.75) is 11.3 Å². The number of alkyl halides is 3. The van der Waals surface area contributed by atoms with E-state index in [0.29, 0.717) is 5.16 Å². The van der Waals surface area contributed by atoms with Gasteiger partial charge in [0, 0.05) is 6.07 Å². The number of hydrogen-bond donors (Lipinski definition) is 1. The molecule has 0 saturated heterocycles. The fourth-order valence-electron chi connectivity index (χ4n) is 1.04. The quantitative estimate of drug-likeness (QED) is 0.748. The Kier molecular flexibility index (Phi) is 1.95. The number of nitrogens with zero attached hydrogens (tertiary/aromatic N) is 3. The second-order valence-corrected chi connectivity index (χ2v) is 3.32. The Balaban J connectivity index is 2.58. The van der Waals surface area contributed by atoms with Gasteiger partial charge >= 0.3 is 6.18 Å². The molecule has 2 aromatic rings. The minimum Gasteiger partial charge on any atom is -0.286 e. The molecule has 14 heavy (non-hydrogen) atoms. The highest BCUT2D eigenvalue weighted by Gasteiger charge is 2.33. The summed E-state index contributed by atoms with van der Waals surface area (Å²) in [7, 11) is 0. The maximum Gasteiger partial charge on any atom is 0.432 e. The van der Waals surface area contributed by atoms with Crippen LogP contribution in [0.3, 0.4) is 0 Å². The van der Waals surface area contributed by atoms with E-state index in [4.69, 9.17) is 0 Å². The van der Waals surface area contributed by atoms with Crippen molar-refractivity contribution in [2.75, 3.05) is 6.26 Å². The second-order valence-electron chi connectivity index (χ2n) is 2.55. The van der Waals surface area contributed by atoms with Crippen LogP contribution < -0.4 is 0 Å². The van der Waals surface area contributed by atoms with Crippen molar-refractivity contribution >= 4 is 17.4 Å². The first-order valence-corrected chi connectivity index (χ1v) is 4.80. The molecule has 2 aromatic heterocycles. The molecule has 0 bridgehead atoms. The molecule has 76 valence electrons. The maximum absolute atomic E-state index is 12.2. The molecule has 0 aliphatic heterocycles. The fraction of sp³-hybridized carbons (Fsp3) is 0.333. The Bertz CT molecular complexity index is 457. The molecule has 0 saturated carbocycles. The van der Waals surface area contributed by atoms with Crippen molar-refractivity contribution in [1.82, 2.24) is 19.8 Å². The number of halogens is 3. The summed E-state index contributed by atoms with van der Waals surface area (Å²) in [6.45, 7) is 0. The Morgan fingerprint density at radius 1 is 1.43 bits per heavy atom. The van der Waals surface area contributed by atoms with E-state index in [1.807, 2.05) is 0 Å². The Morgan fingerprint density at radius 3 is 2.71 bits per heavy atom. The third-order valence-corrected chi connectivity index (χ3v) is 2.28. The van der Waals surface area contributed by atoms with E-state index in [1.165, 1.54) is 16.3 Å². The molecule has 0 radical (unpaired) electrons. The van der Waals surface area contributed by atoms with Crippen LogP contribution in [0, 0.1) is 0 Å². The number of nitrogens with one attached hydrogen (secondary N) is 1. The Hall–Kier alpha value is -1.18. The van der Waals surface area contributed by atoms with Crippen LogP contribution in [0.5, 0.6) is 0 Å². The van der Waals surface area contributed by atoms with Crippen LogP contribution in [0.4, 0.5) is 13.2 Å². The van der Waals surface area contributed by atoms with Crippen LogP contribution in [0.1, 0.15) is 5.69 Å². The van der Waals surface area contributed by atoms with Crippen LogP contribution in [0.2, 0.25) is 0 Å². The first kappa shape index (κ1) is 9.38. The van der Waals surface area contributed by atoms with Gasteiger partial charge in [0.2, 0.25) is 5.16 Å². The average Bonchev–Trinajstić information content (AvgIpc) is 2.58. The number of hydrogen-bond acceptors (Lipinski definition) is 3. The normalized spacial score (nSPS) is 12.6. The van der Waals surface area contributed by atoms with Gasteiger partial charge in [-0.1, -0.05) is 11.8 Å². The molecule has 0 aromatic carbocycles. The molecular formula is C6H5F3N4S. The molecule has 2 rings (SSSR count). The molecule has 2 heterocycles. The molecule has 0 fully saturated rings. The molecule has 0 amide bonds. The lowest BCUT2D eigenvalue weighted by Crippen LogP contribution is -2.06. The zero-order valence-electron chi connectivity index (χ0n) is 6.96. The smallest absolute Gasteiger partial charge is 0.286 e. The molecule has 0 aliphatic rings. The third-order valence-electron chi connectivity index (χ3n) is 1.65. The van der Waals surface area contributed by atoms with Gasteiger partial charge in [0.1, 0.15) is 5.69 Å². The van der Waals surface area contributed by atoms with Crippen molar-refractivity contribution in [3.63, 3.8) is 0 Å². The van der Waals surface area contributed by atoms with Gasteiger partial charge in [-0.15, -0.1) is 10.2 Å². The highest BCUT2D eigenvalue weighted by molar-refractivity contribution is 7.98. The van der Waals surface area contributed by atoms with Gasteiger partial charge < -0.3 is 0 Å². The van der Waals surface area contributed by atoms with E-state index in [9.17, 15) is 13.2 Å². The monoisotopic (exact) mass is 222 g/mol. The van der Waals surface area contributed by atoms with E-state index < -0.39 is 11.9 Å². The lowest BCUT2D eigenvalue weighted by molar-refractivity contribution is -0.141. The van der Waals surface area contributed by atoms with Gasteiger partial charge in [0.15, 0.2) is 5.65 Å². The predicted octanol–water partition coefficient (Wildman–Crippen LogP) is 1.80. The highest BCUT2D eigenvalue weighted by atomic mass is 32.2. The summed E-state index contributed by atoms with van der Waals surface area (Å²) < 4.78 is 37.9. The topological polar surface area (TPSA) is 46.0 Å². The van der Waals surface area contributed by atoms with Crippen LogP contribution in [-0.4, -0.2) is 26.1 Å². The van der Waals surface area contributed by atoms with E-state index in [0.717, 1.165) is 6.07 Å². The van der Waals surface area contributed by atoms with Gasteiger partial charge in [0.25, 0.3) is 0 Å². The summed E-state index contributed by atoms with van der Waals surface area (Å²) >= 11 is 1.22. The number of aromatic nitrogens is 4. The van der Waals surface area contributed by atoms with E-state index in [-0.39, 0.29) is 5.65 Å². The summed E-state index contributed by atoms with van der Waals surface area (Å²) in [5, 5.41) is 9.84. The largest absolute Gasteiger partial charge is 0.432 e. The van der Waals surface area contributed by atoms with Gasteiger partial charge in [-0.25, -0.2) is 4.52 Å². The average molecular weight is 222 g/mol. The van der Waals surface area contributed by atoms with Crippen LogP contribution >= 0.6 is 11.8 Å². The lowest BCUT2D eigenvalue weighted by Gasteiger charge is -2.00. The summed E-state index contributed by atoms with van der Waals surface area (Å²) in [4.78, 5) is 0. The molecule has 0 atom stereocenters. The standard InChI is InChI=1S/C6H5F3N4S/c1-14-5-11-10-4-2-3(6(7,8)9)12-13(4)5/h2,12H,1H3. The number of rotatable bonds is 1. The van der Waals surface area contributed by atoms with Crippen LogP contribution in [-0.2, 0) is 6.18 Å². The van der Waals surface area contributed by atoms with Crippen molar-refractivity contribution < 1.29 is 13.2 Å². The molecule has 4 nitrogen and oxygen atoms in total. The molecule has 0 spiro atoms. The van der Waals surface area contributed by atoms with Gasteiger partial charge in [-0.2, -0.15) is 13.2 Å². The number of fused-ring (bicyclic) bond motifs is 1. The van der Waals surface area contributed by atoms with Crippen LogP contribution in [0.25, 0.3) is 5.65 Å². The van der Waals surface area contributed by atoms with Crippen LogP contribution in [0.15, 0.2) is 11.2 Å². The number of thioether (sulfide) groups is 1. The summed E-state index contributed by atoms with van der Waals surface area (Å²) in [5.74, 6) is 0. The van der Waals surface area contributed by atoms with Gasteiger partial charge in [-0.3, -0.25) is 5.10 Å². The minimum atomic E-state index is -4.38. The molecule has 8 heteroatoms. The third kappa shape index (κ3) is 1.35. The lowest BCUT2D eigenvalue weighted by atomic mass is 10.4. The van der Waals surface area contributed by atoms with Crippen molar-refractivity contribution in [3.8, 4) is 0 Å². The molecule has 0 unspecified atom stereocenters. The highest BCUT2D eigenvalue weighted by Crippen LogP contribution is 2.29. The van der Waals surface area contributed by atoms with Crippen molar-refractivity contribution in [3.05, 3.63) is 11.8 Å². The fourth-order valence-corrected chi connectivity index (χ4v) is 1.48. The van der Waals surface area contributed by atoms with E-state index in [1.54, 1.807) is 6.26 Å². The summed E-state index contributed by atoms with van der Waals surface area (Å²) in [6, 6.07) is 0.923. The first-order valence-electron chi connectivity index (χ1n) is 3.57. The maximum atomic E-state index is 12.2. The zero-order valence-corrected chi connectivity index (χ0v) is 7.78. The first-order chi connectivity index (χ1) is 6.52. The van der Waals surface area contributed by atoms with Crippen molar-refractivity contribution in [2.24, 2.45) is 0 Å². The molecular weight excluding hydrogens is 217 g/mol. The van der Waals surface area contributed by atoms with Gasteiger partial charge in [-0.05, 0) is 6.26 Å².